The highest BCUT2D eigenvalue weighted by Crippen LogP contribution is 2.16. The van der Waals surface area contributed by atoms with Gasteiger partial charge in [0.1, 0.15) is 0 Å². The molecule has 1 unspecified atom stereocenters. The average molecular weight is 343 g/mol. The van der Waals surface area contributed by atoms with Crippen molar-refractivity contribution in [1.29, 1.82) is 0 Å². The molecule has 6 nitrogen and oxygen atoms in total. The van der Waals surface area contributed by atoms with E-state index in [1.54, 1.807) is 0 Å². The Morgan fingerprint density at radius 3 is 2.96 bits per heavy atom. The van der Waals surface area contributed by atoms with Gasteiger partial charge in [-0.1, -0.05) is 18.2 Å². The van der Waals surface area contributed by atoms with Gasteiger partial charge < -0.3 is 9.47 Å². The molecule has 0 saturated carbocycles. The van der Waals surface area contributed by atoms with Crippen LogP contribution in [0.5, 0.6) is 0 Å². The molecule has 0 aliphatic carbocycles. The monoisotopic (exact) mass is 343 g/mol. The minimum atomic E-state index is -0.183. The zero-order chi connectivity index (χ0) is 17.5. The lowest BCUT2D eigenvalue weighted by molar-refractivity contribution is -0.141. The number of carbonyl (C=O) groups is 1. The van der Waals surface area contributed by atoms with Crippen molar-refractivity contribution in [2.24, 2.45) is 0 Å². The first-order valence-electron chi connectivity index (χ1n) is 8.74. The maximum atomic E-state index is 11.5. The van der Waals surface area contributed by atoms with Crippen molar-refractivity contribution in [3.63, 3.8) is 0 Å². The fourth-order valence-corrected chi connectivity index (χ4v) is 3.08. The van der Waals surface area contributed by atoms with Gasteiger partial charge in [-0.25, -0.2) is 4.68 Å². The molecule has 6 heteroatoms. The van der Waals surface area contributed by atoms with Crippen LogP contribution in [0.25, 0.3) is 5.69 Å². The lowest BCUT2D eigenvalue weighted by Crippen LogP contribution is -2.33. The van der Waals surface area contributed by atoms with Gasteiger partial charge in [-0.05, 0) is 25.0 Å². The Morgan fingerprint density at radius 2 is 2.24 bits per heavy atom. The molecule has 0 spiro atoms. The van der Waals surface area contributed by atoms with Gasteiger partial charge in [0.2, 0.25) is 0 Å². The van der Waals surface area contributed by atoms with Crippen LogP contribution in [-0.2, 0) is 20.8 Å². The number of benzene rings is 1. The SMILES string of the molecule is COC(=O)CCN(Cc1cnn(-c2ccccc2)c1)CC1CCCO1. The van der Waals surface area contributed by atoms with Gasteiger partial charge in [0, 0.05) is 38.0 Å². The third kappa shape index (κ3) is 5.14. The second kappa shape index (κ2) is 8.78. The number of rotatable bonds is 8. The maximum absolute atomic E-state index is 11.5. The molecule has 134 valence electrons. The molecular formula is C19H25N3O3. The molecule has 0 bridgehead atoms. The summed E-state index contributed by atoms with van der Waals surface area (Å²) in [5, 5.41) is 4.45. The number of hydrogen-bond acceptors (Lipinski definition) is 5. The van der Waals surface area contributed by atoms with Crippen LogP contribution in [0.15, 0.2) is 42.7 Å². The van der Waals surface area contributed by atoms with Crippen molar-refractivity contribution >= 4 is 5.97 Å². The van der Waals surface area contributed by atoms with Gasteiger partial charge in [0.15, 0.2) is 0 Å². The fourth-order valence-electron chi connectivity index (χ4n) is 3.08. The Morgan fingerprint density at radius 1 is 1.40 bits per heavy atom. The van der Waals surface area contributed by atoms with Gasteiger partial charge in [-0.3, -0.25) is 9.69 Å². The molecule has 25 heavy (non-hydrogen) atoms. The second-order valence-electron chi connectivity index (χ2n) is 6.32. The lowest BCUT2D eigenvalue weighted by Gasteiger charge is -2.24. The Kier molecular flexibility index (Phi) is 6.19. The molecule has 2 heterocycles. The van der Waals surface area contributed by atoms with E-state index in [2.05, 4.69) is 10.00 Å². The predicted octanol–water partition coefficient (Wildman–Crippen LogP) is 2.42. The van der Waals surface area contributed by atoms with Gasteiger partial charge in [-0.15, -0.1) is 0 Å². The summed E-state index contributed by atoms with van der Waals surface area (Å²) >= 11 is 0. The molecule has 1 aromatic heterocycles. The van der Waals surface area contributed by atoms with Crippen LogP contribution in [0.1, 0.15) is 24.8 Å². The lowest BCUT2D eigenvalue weighted by atomic mass is 10.2. The molecule has 1 atom stereocenters. The van der Waals surface area contributed by atoms with E-state index >= 15 is 0 Å². The molecule has 1 saturated heterocycles. The van der Waals surface area contributed by atoms with Crippen LogP contribution in [0.3, 0.4) is 0 Å². The zero-order valence-corrected chi connectivity index (χ0v) is 14.6. The minimum absolute atomic E-state index is 0.183. The number of carbonyl (C=O) groups excluding carboxylic acids is 1. The zero-order valence-electron chi connectivity index (χ0n) is 14.6. The highest BCUT2D eigenvalue weighted by Gasteiger charge is 2.20. The summed E-state index contributed by atoms with van der Waals surface area (Å²) < 4.78 is 12.4. The fraction of sp³-hybridized carbons (Fsp3) is 0.474. The minimum Gasteiger partial charge on any atom is -0.469 e. The molecule has 1 aromatic carbocycles. The second-order valence-corrected chi connectivity index (χ2v) is 6.32. The molecule has 1 aliphatic heterocycles. The Balaban J connectivity index is 1.64. The van der Waals surface area contributed by atoms with E-state index in [1.807, 2.05) is 47.4 Å². The van der Waals surface area contributed by atoms with Gasteiger partial charge in [0.05, 0.1) is 31.5 Å². The molecule has 2 aromatic rings. The number of hydrogen-bond donors (Lipinski definition) is 0. The number of methoxy groups -OCH3 is 1. The van der Waals surface area contributed by atoms with Crippen LogP contribution in [-0.4, -0.2) is 53.6 Å². The summed E-state index contributed by atoms with van der Waals surface area (Å²) in [5.74, 6) is -0.183. The summed E-state index contributed by atoms with van der Waals surface area (Å²) in [5.41, 5.74) is 2.15. The standard InChI is InChI=1S/C19H25N3O3/c1-24-19(23)9-10-21(15-18-8-5-11-25-18)13-16-12-20-22(14-16)17-6-3-2-4-7-17/h2-4,6-7,12,14,18H,5,8-11,13,15H2,1H3. The summed E-state index contributed by atoms with van der Waals surface area (Å²) in [6.07, 6.45) is 6.75. The highest BCUT2D eigenvalue weighted by atomic mass is 16.5. The van der Waals surface area contributed by atoms with Crippen molar-refractivity contribution in [2.45, 2.75) is 31.9 Å². The average Bonchev–Trinajstić information content (AvgIpc) is 3.32. The molecule has 3 rings (SSSR count). The summed E-state index contributed by atoms with van der Waals surface area (Å²) in [6.45, 7) is 3.06. The van der Waals surface area contributed by atoms with Crippen LogP contribution < -0.4 is 0 Å². The van der Waals surface area contributed by atoms with Gasteiger partial charge >= 0.3 is 5.97 Å². The first-order chi connectivity index (χ1) is 12.2. The smallest absolute Gasteiger partial charge is 0.306 e. The largest absolute Gasteiger partial charge is 0.469 e. The Hall–Kier alpha value is -2.18. The molecule has 0 N–H and O–H groups in total. The predicted molar refractivity (Wildman–Crippen MR) is 94.4 cm³/mol. The molecule has 0 amide bonds. The third-order valence-electron chi connectivity index (χ3n) is 4.41. The molecule has 0 radical (unpaired) electrons. The van der Waals surface area contributed by atoms with E-state index in [4.69, 9.17) is 9.47 Å². The molecule has 1 aliphatic rings. The number of para-hydroxylation sites is 1. The first kappa shape index (κ1) is 17.6. The third-order valence-corrected chi connectivity index (χ3v) is 4.41. The summed E-state index contributed by atoms with van der Waals surface area (Å²) in [6, 6.07) is 10.0. The normalized spacial score (nSPS) is 17.1. The van der Waals surface area contributed by atoms with Crippen LogP contribution in [0.2, 0.25) is 0 Å². The Labute approximate surface area is 148 Å². The van der Waals surface area contributed by atoms with Gasteiger partial charge in [0.25, 0.3) is 0 Å². The van der Waals surface area contributed by atoms with E-state index in [9.17, 15) is 4.79 Å². The number of esters is 1. The highest BCUT2D eigenvalue weighted by molar-refractivity contribution is 5.69. The van der Waals surface area contributed by atoms with E-state index in [0.717, 1.165) is 43.8 Å². The number of aromatic nitrogens is 2. The Bertz CT molecular complexity index is 666. The van der Waals surface area contributed by atoms with Gasteiger partial charge in [-0.2, -0.15) is 5.10 Å². The van der Waals surface area contributed by atoms with Crippen molar-refractivity contribution in [3.8, 4) is 5.69 Å². The quantitative estimate of drug-likeness (QED) is 0.689. The number of ether oxygens (including phenoxy) is 2. The van der Waals surface area contributed by atoms with Crippen molar-refractivity contribution in [3.05, 3.63) is 48.3 Å². The van der Waals surface area contributed by atoms with Crippen molar-refractivity contribution in [2.75, 3.05) is 26.8 Å². The summed E-state index contributed by atoms with van der Waals surface area (Å²) in [7, 11) is 1.43. The van der Waals surface area contributed by atoms with Crippen molar-refractivity contribution < 1.29 is 14.3 Å². The van der Waals surface area contributed by atoms with E-state index in [1.165, 1.54) is 7.11 Å². The summed E-state index contributed by atoms with van der Waals surface area (Å²) in [4.78, 5) is 13.7. The molecular weight excluding hydrogens is 318 g/mol. The van der Waals surface area contributed by atoms with Crippen LogP contribution in [0, 0.1) is 0 Å². The maximum Gasteiger partial charge on any atom is 0.306 e. The number of nitrogens with zero attached hydrogens (tertiary/aromatic N) is 3. The van der Waals surface area contributed by atoms with Crippen LogP contribution >= 0.6 is 0 Å². The topological polar surface area (TPSA) is 56.6 Å². The van der Waals surface area contributed by atoms with Crippen molar-refractivity contribution in [1.82, 2.24) is 14.7 Å². The van der Waals surface area contributed by atoms with Crippen LogP contribution in [0.4, 0.5) is 0 Å². The van der Waals surface area contributed by atoms with E-state index in [-0.39, 0.29) is 12.1 Å². The first-order valence-corrected chi connectivity index (χ1v) is 8.74. The van der Waals surface area contributed by atoms with E-state index in [0.29, 0.717) is 13.0 Å². The molecule has 1 fully saturated rings. The van der Waals surface area contributed by atoms with E-state index < -0.39 is 0 Å².